The number of hydrogen-bond donors (Lipinski definition) is 1. The van der Waals surface area contributed by atoms with Crippen molar-refractivity contribution in [3.05, 3.63) is 47.6 Å². The van der Waals surface area contributed by atoms with E-state index in [2.05, 4.69) is 30.5 Å². The average Bonchev–Trinajstić information content (AvgIpc) is 3.02. The van der Waals surface area contributed by atoms with E-state index in [4.69, 9.17) is 0 Å². The highest BCUT2D eigenvalue weighted by Crippen LogP contribution is 2.24. The van der Waals surface area contributed by atoms with Crippen molar-refractivity contribution in [2.24, 2.45) is 0 Å². The van der Waals surface area contributed by atoms with Crippen LogP contribution in [0.1, 0.15) is 19.5 Å². The smallest absolute Gasteiger partial charge is 0.243 e. The SMILES string of the molecule is CC(C)(Nc1ncc(-c2nccs2)nn1)c1ncccc1F. The summed E-state index contributed by atoms with van der Waals surface area (Å²) in [6.07, 6.45) is 4.83. The van der Waals surface area contributed by atoms with Crippen LogP contribution in [0.15, 0.2) is 36.1 Å². The molecular weight excluding hydrogens is 303 g/mol. The maximum atomic E-state index is 13.9. The van der Waals surface area contributed by atoms with Gasteiger partial charge in [-0.1, -0.05) is 0 Å². The third kappa shape index (κ3) is 2.91. The summed E-state index contributed by atoms with van der Waals surface area (Å²) in [6.45, 7) is 3.60. The van der Waals surface area contributed by atoms with Gasteiger partial charge in [-0.3, -0.25) is 4.98 Å². The summed E-state index contributed by atoms with van der Waals surface area (Å²) in [7, 11) is 0. The van der Waals surface area contributed by atoms with Crippen molar-refractivity contribution in [2.45, 2.75) is 19.4 Å². The van der Waals surface area contributed by atoms with E-state index in [0.29, 0.717) is 17.3 Å². The molecule has 3 aromatic rings. The number of halogens is 1. The number of nitrogens with one attached hydrogen (secondary N) is 1. The molecule has 0 aliphatic carbocycles. The van der Waals surface area contributed by atoms with Crippen molar-refractivity contribution < 1.29 is 4.39 Å². The lowest BCUT2D eigenvalue weighted by atomic mass is 10.00. The van der Waals surface area contributed by atoms with E-state index in [0.717, 1.165) is 5.01 Å². The first-order valence-corrected chi connectivity index (χ1v) is 7.43. The van der Waals surface area contributed by atoms with E-state index in [1.807, 2.05) is 5.38 Å². The average molecular weight is 316 g/mol. The zero-order valence-electron chi connectivity index (χ0n) is 12.0. The molecule has 0 bridgehead atoms. The standard InChI is InChI=1S/C14H13FN6S/c1-14(2,11-9(15)4-3-5-16-11)19-13-18-8-10(20-21-13)12-17-6-7-22-12/h3-8H,1-2H3,(H,18,19,21). The van der Waals surface area contributed by atoms with Gasteiger partial charge in [-0.2, -0.15) is 0 Å². The Morgan fingerprint density at radius 1 is 1.14 bits per heavy atom. The molecule has 112 valence electrons. The molecule has 3 rings (SSSR count). The molecule has 8 heteroatoms. The second-order valence-electron chi connectivity index (χ2n) is 5.09. The second-order valence-corrected chi connectivity index (χ2v) is 5.98. The van der Waals surface area contributed by atoms with Crippen LogP contribution in [0.25, 0.3) is 10.7 Å². The fraction of sp³-hybridized carbons (Fsp3) is 0.214. The Morgan fingerprint density at radius 3 is 2.64 bits per heavy atom. The van der Waals surface area contributed by atoms with Crippen LogP contribution in [0.4, 0.5) is 10.3 Å². The predicted octanol–water partition coefficient (Wildman–Crippen LogP) is 2.88. The van der Waals surface area contributed by atoms with Crippen LogP contribution in [-0.2, 0) is 5.54 Å². The number of anilines is 1. The molecule has 0 aromatic carbocycles. The molecule has 0 radical (unpaired) electrons. The van der Waals surface area contributed by atoms with Gasteiger partial charge in [0, 0.05) is 17.8 Å². The van der Waals surface area contributed by atoms with Gasteiger partial charge in [0.05, 0.1) is 11.7 Å². The van der Waals surface area contributed by atoms with Crippen molar-refractivity contribution >= 4 is 17.3 Å². The molecule has 0 aliphatic rings. The van der Waals surface area contributed by atoms with Crippen LogP contribution >= 0.6 is 11.3 Å². The number of aromatic nitrogens is 5. The van der Waals surface area contributed by atoms with Gasteiger partial charge in [0.15, 0.2) is 0 Å². The molecule has 22 heavy (non-hydrogen) atoms. The summed E-state index contributed by atoms with van der Waals surface area (Å²) >= 11 is 1.46. The first-order chi connectivity index (χ1) is 10.6. The monoisotopic (exact) mass is 316 g/mol. The first kappa shape index (κ1) is 14.5. The molecule has 0 atom stereocenters. The number of thiazole rings is 1. The quantitative estimate of drug-likeness (QED) is 0.797. The summed E-state index contributed by atoms with van der Waals surface area (Å²) in [4.78, 5) is 12.4. The van der Waals surface area contributed by atoms with E-state index in [-0.39, 0.29) is 5.82 Å². The third-order valence-corrected chi connectivity index (χ3v) is 3.78. The van der Waals surface area contributed by atoms with Crippen LogP contribution in [0.3, 0.4) is 0 Å². The third-order valence-electron chi connectivity index (χ3n) is 2.99. The molecule has 0 fully saturated rings. The minimum atomic E-state index is -0.768. The number of hydrogen-bond acceptors (Lipinski definition) is 7. The summed E-state index contributed by atoms with van der Waals surface area (Å²) in [5, 5.41) is 13.8. The van der Waals surface area contributed by atoms with Crippen molar-refractivity contribution in [1.29, 1.82) is 0 Å². The number of pyridine rings is 1. The highest BCUT2D eigenvalue weighted by atomic mass is 32.1. The molecule has 0 saturated carbocycles. The maximum absolute atomic E-state index is 13.9. The zero-order valence-corrected chi connectivity index (χ0v) is 12.8. The highest BCUT2D eigenvalue weighted by molar-refractivity contribution is 7.13. The Bertz CT molecular complexity index is 757. The van der Waals surface area contributed by atoms with Gasteiger partial charge >= 0.3 is 0 Å². The lowest BCUT2D eigenvalue weighted by Gasteiger charge is -2.25. The van der Waals surface area contributed by atoms with E-state index in [1.54, 1.807) is 38.5 Å². The van der Waals surface area contributed by atoms with Gasteiger partial charge in [-0.25, -0.2) is 14.4 Å². The van der Waals surface area contributed by atoms with Gasteiger partial charge in [0.1, 0.15) is 22.2 Å². The van der Waals surface area contributed by atoms with Crippen LogP contribution in [0, 0.1) is 5.82 Å². The van der Waals surface area contributed by atoms with Gasteiger partial charge < -0.3 is 5.32 Å². The minimum absolute atomic E-state index is 0.294. The molecular formula is C14H13FN6S. The molecule has 3 aromatic heterocycles. The van der Waals surface area contributed by atoms with Gasteiger partial charge in [-0.05, 0) is 26.0 Å². The fourth-order valence-electron chi connectivity index (χ4n) is 1.96. The first-order valence-electron chi connectivity index (χ1n) is 6.55. The molecule has 0 saturated heterocycles. The van der Waals surface area contributed by atoms with Gasteiger partial charge in [-0.15, -0.1) is 21.5 Å². The van der Waals surface area contributed by atoms with Gasteiger partial charge in [0.25, 0.3) is 0 Å². The predicted molar refractivity (Wildman–Crippen MR) is 81.8 cm³/mol. The number of rotatable bonds is 4. The zero-order chi connectivity index (χ0) is 15.6. The van der Waals surface area contributed by atoms with Crippen molar-refractivity contribution in [3.63, 3.8) is 0 Å². The van der Waals surface area contributed by atoms with Gasteiger partial charge in [0.2, 0.25) is 5.95 Å². The van der Waals surface area contributed by atoms with Crippen LogP contribution < -0.4 is 5.32 Å². The van der Waals surface area contributed by atoms with Crippen LogP contribution in [0.2, 0.25) is 0 Å². The summed E-state index contributed by atoms with van der Waals surface area (Å²) in [6, 6.07) is 2.92. The van der Waals surface area contributed by atoms with E-state index < -0.39 is 5.54 Å². The van der Waals surface area contributed by atoms with Crippen LogP contribution in [-0.4, -0.2) is 25.1 Å². The molecule has 1 N–H and O–H groups in total. The Hall–Kier alpha value is -2.48. The number of nitrogens with zero attached hydrogens (tertiary/aromatic N) is 5. The molecule has 3 heterocycles. The Balaban J connectivity index is 1.82. The minimum Gasteiger partial charge on any atom is -0.342 e. The molecule has 0 spiro atoms. The topological polar surface area (TPSA) is 76.5 Å². The van der Waals surface area contributed by atoms with Crippen LogP contribution in [0.5, 0.6) is 0 Å². The maximum Gasteiger partial charge on any atom is 0.243 e. The van der Waals surface area contributed by atoms with Crippen molar-refractivity contribution in [3.8, 4) is 10.7 Å². The Kier molecular flexibility index (Phi) is 3.76. The Morgan fingerprint density at radius 2 is 2.00 bits per heavy atom. The summed E-state index contributed by atoms with van der Waals surface area (Å²) < 4.78 is 13.9. The molecule has 0 unspecified atom stereocenters. The van der Waals surface area contributed by atoms with E-state index in [9.17, 15) is 4.39 Å². The van der Waals surface area contributed by atoms with E-state index >= 15 is 0 Å². The normalized spacial score (nSPS) is 11.4. The second kappa shape index (κ2) is 5.72. The van der Waals surface area contributed by atoms with E-state index in [1.165, 1.54) is 17.4 Å². The molecule has 6 nitrogen and oxygen atoms in total. The fourth-order valence-corrected chi connectivity index (χ4v) is 2.55. The molecule has 0 amide bonds. The van der Waals surface area contributed by atoms with Crippen molar-refractivity contribution in [1.82, 2.24) is 25.1 Å². The lowest BCUT2D eigenvalue weighted by Crippen LogP contribution is -2.31. The van der Waals surface area contributed by atoms with Crippen molar-refractivity contribution in [2.75, 3.05) is 5.32 Å². The largest absolute Gasteiger partial charge is 0.342 e. The summed E-state index contributed by atoms with van der Waals surface area (Å²) in [5.41, 5.74) is 0.125. The lowest BCUT2D eigenvalue weighted by molar-refractivity contribution is 0.510. The summed E-state index contributed by atoms with van der Waals surface area (Å²) in [5.74, 6) is -0.0808. The Labute approximate surface area is 130 Å². The molecule has 0 aliphatic heterocycles. The highest BCUT2D eigenvalue weighted by Gasteiger charge is 2.26.